The van der Waals surface area contributed by atoms with Crippen molar-refractivity contribution in [2.45, 2.75) is 136 Å². The second kappa shape index (κ2) is 25.9. The van der Waals surface area contributed by atoms with E-state index in [1.165, 1.54) is 115 Å². The van der Waals surface area contributed by atoms with Crippen LogP contribution in [-0.2, 0) is 9.59 Å². The van der Waals surface area contributed by atoms with Crippen LogP contribution < -0.4 is 0 Å². The van der Waals surface area contributed by atoms with Crippen LogP contribution in [0.5, 0.6) is 0 Å². The number of unbranched alkanes of at least 4 members (excludes halogenated alkanes) is 1. The minimum Gasteiger partial charge on any atom is -0.400 e. The fourth-order valence-corrected chi connectivity index (χ4v) is 7.95. The first-order valence-electron chi connectivity index (χ1n) is 17.1. The first kappa shape index (κ1) is 40.5. The Morgan fingerprint density at radius 2 is 1.14 bits per heavy atom. The average Bonchev–Trinajstić information content (AvgIpc) is 3.05. The standard InChI is InChI=1S/C35H60O.CH4O.2CH2O/c1-5-6-7-29-8-10-30(11-9-29)12-13-31-16-20-34(21-17-31)35-22-18-32(19-23-35)14-15-33(24-27(2)3)25-28(4)26-36;3*1-2/h12-13,29-36H,2,4-11,14-26H2,1,3H3;2H,1H3;2*1H2/b13-12+;;;. The molecule has 0 saturated heterocycles. The zero-order chi connectivity index (χ0) is 31.8. The Kier molecular flexibility index (Phi) is 25.0. The SMILES string of the molecule is C=C(C)CC(CCC1CCC(C2CCC(/C=C/C3CCC(CCCC)CC3)CC2)CC1)CC(=C)CO.C=O.C=O.CO. The van der Waals surface area contributed by atoms with E-state index in [0.29, 0.717) is 5.92 Å². The number of hydrogen-bond donors (Lipinski definition) is 2. The van der Waals surface area contributed by atoms with E-state index < -0.39 is 0 Å². The summed E-state index contributed by atoms with van der Waals surface area (Å²) >= 11 is 0. The van der Waals surface area contributed by atoms with Gasteiger partial charge < -0.3 is 19.8 Å². The number of carbonyl (C=O) groups is 2. The lowest BCUT2D eigenvalue weighted by Gasteiger charge is -2.38. The summed E-state index contributed by atoms with van der Waals surface area (Å²) in [5.41, 5.74) is 2.26. The number of allylic oxidation sites excluding steroid dienone is 3. The first-order chi connectivity index (χ1) is 20.5. The third-order valence-electron chi connectivity index (χ3n) is 10.3. The molecule has 0 aromatic rings. The molecule has 0 aromatic carbocycles. The predicted octanol–water partition coefficient (Wildman–Crippen LogP) is 9.69. The molecule has 4 nitrogen and oxygen atoms in total. The Balaban J connectivity index is 0.00000263. The number of aliphatic hydroxyl groups is 2. The molecule has 3 rings (SSSR count). The molecule has 0 aliphatic heterocycles. The van der Waals surface area contributed by atoms with Gasteiger partial charge in [0.05, 0.1) is 6.61 Å². The Morgan fingerprint density at radius 1 is 0.714 bits per heavy atom. The highest BCUT2D eigenvalue weighted by Crippen LogP contribution is 2.43. The van der Waals surface area contributed by atoms with Gasteiger partial charge in [0.2, 0.25) is 0 Å². The van der Waals surface area contributed by atoms with Crippen LogP contribution in [0.2, 0.25) is 0 Å². The molecule has 3 aliphatic rings. The summed E-state index contributed by atoms with van der Waals surface area (Å²) in [6.07, 6.45) is 31.9. The third-order valence-corrected chi connectivity index (χ3v) is 10.3. The van der Waals surface area contributed by atoms with Crippen LogP contribution in [0.4, 0.5) is 0 Å². The predicted molar refractivity (Wildman–Crippen MR) is 180 cm³/mol. The van der Waals surface area contributed by atoms with Gasteiger partial charge in [-0.25, -0.2) is 0 Å². The summed E-state index contributed by atoms with van der Waals surface area (Å²) in [6.45, 7) is 16.8. The van der Waals surface area contributed by atoms with E-state index in [2.05, 4.69) is 39.2 Å². The van der Waals surface area contributed by atoms with Crippen LogP contribution in [-0.4, -0.2) is 37.5 Å². The van der Waals surface area contributed by atoms with E-state index >= 15 is 0 Å². The van der Waals surface area contributed by atoms with Crippen molar-refractivity contribution < 1.29 is 19.8 Å². The second-order valence-electron chi connectivity index (χ2n) is 13.5. The van der Waals surface area contributed by atoms with E-state index in [1.807, 2.05) is 13.6 Å². The molecule has 4 heteroatoms. The molecule has 3 aliphatic carbocycles. The van der Waals surface area contributed by atoms with E-state index in [4.69, 9.17) is 14.7 Å². The lowest BCUT2D eigenvalue weighted by Crippen LogP contribution is -2.25. The molecule has 0 spiro atoms. The molecule has 3 fully saturated rings. The summed E-state index contributed by atoms with van der Waals surface area (Å²) in [6, 6.07) is 0. The highest BCUT2D eigenvalue weighted by Gasteiger charge is 2.30. The fourth-order valence-electron chi connectivity index (χ4n) is 7.95. The summed E-state index contributed by atoms with van der Waals surface area (Å²) < 4.78 is 0. The van der Waals surface area contributed by atoms with Gasteiger partial charge in [0.15, 0.2) is 0 Å². The molecule has 0 radical (unpaired) electrons. The third kappa shape index (κ3) is 16.9. The second-order valence-corrected chi connectivity index (χ2v) is 13.5. The quantitative estimate of drug-likeness (QED) is 0.198. The number of carbonyl (C=O) groups excluding carboxylic acids is 2. The first-order valence-corrected chi connectivity index (χ1v) is 17.1. The maximum atomic E-state index is 9.40. The van der Waals surface area contributed by atoms with Gasteiger partial charge in [-0.1, -0.05) is 75.3 Å². The molecular weight excluding hydrogens is 520 g/mol. The number of hydrogen-bond acceptors (Lipinski definition) is 4. The minimum absolute atomic E-state index is 0.135. The minimum atomic E-state index is 0.135. The Morgan fingerprint density at radius 3 is 1.60 bits per heavy atom. The molecule has 244 valence electrons. The van der Waals surface area contributed by atoms with Gasteiger partial charge in [-0.15, -0.1) is 6.58 Å². The van der Waals surface area contributed by atoms with Gasteiger partial charge in [0.25, 0.3) is 0 Å². The van der Waals surface area contributed by atoms with Gasteiger partial charge in [-0.2, -0.15) is 0 Å². The smallest absolute Gasteiger partial charge is 0.106 e. The van der Waals surface area contributed by atoms with E-state index in [9.17, 15) is 5.11 Å². The summed E-state index contributed by atoms with van der Waals surface area (Å²) in [5.74, 6) is 6.34. The average molecular weight is 589 g/mol. The molecular formula is C38H68O4. The highest BCUT2D eigenvalue weighted by atomic mass is 16.3. The van der Waals surface area contributed by atoms with Crippen molar-refractivity contribution in [3.8, 4) is 0 Å². The maximum Gasteiger partial charge on any atom is 0.106 e. The molecule has 3 saturated carbocycles. The normalized spacial score (nSPS) is 28.1. The lowest BCUT2D eigenvalue weighted by atomic mass is 9.68. The monoisotopic (exact) mass is 589 g/mol. The highest BCUT2D eigenvalue weighted by molar-refractivity contribution is 5.11. The summed E-state index contributed by atoms with van der Waals surface area (Å²) in [5, 5.41) is 16.4. The van der Waals surface area contributed by atoms with Crippen LogP contribution >= 0.6 is 0 Å². The van der Waals surface area contributed by atoms with Crippen LogP contribution in [0.1, 0.15) is 136 Å². The zero-order valence-electron chi connectivity index (χ0n) is 27.9. The number of rotatable bonds is 14. The Labute approximate surface area is 260 Å². The van der Waals surface area contributed by atoms with Gasteiger partial charge in [-0.3, -0.25) is 0 Å². The molecule has 0 heterocycles. The van der Waals surface area contributed by atoms with Crippen molar-refractivity contribution in [1.82, 2.24) is 0 Å². The fraction of sp³-hybridized carbons (Fsp3) is 0.789. The van der Waals surface area contributed by atoms with Crippen molar-refractivity contribution >= 4 is 13.6 Å². The Hall–Kier alpha value is -1.52. The molecule has 42 heavy (non-hydrogen) atoms. The molecule has 1 atom stereocenters. The van der Waals surface area contributed by atoms with Gasteiger partial charge >= 0.3 is 0 Å². The molecule has 0 amide bonds. The Bertz CT molecular complexity index is 690. The molecule has 0 bridgehead atoms. The summed E-state index contributed by atoms with van der Waals surface area (Å²) in [7, 11) is 1.00. The van der Waals surface area contributed by atoms with Crippen molar-refractivity contribution in [2.75, 3.05) is 13.7 Å². The number of aliphatic hydroxyl groups excluding tert-OH is 2. The van der Waals surface area contributed by atoms with Gasteiger partial charge in [0, 0.05) is 7.11 Å². The largest absolute Gasteiger partial charge is 0.400 e. The van der Waals surface area contributed by atoms with Crippen molar-refractivity contribution in [2.24, 2.45) is 41.4 Å². The summed E-state index contributed by atoms with van der Waals surface area (Å²) in [4.78, 5) is 16.0. The maximum absolute atomic E-state index is 9.40. The molecule has 0 aromatic heterocycles. The van der Waals surface area contributed by atoms with Crippen LogP contribution in [0, 0.1) is 41.4 Å². The van der Waals surface area contributed by atoms with Crippen molar-refractivity contribution in [3.63, 3.8) is 0 Å². The topological polar surface area (TPSA) is 74.6 Å². The van der Waals surface area contributed by atoms with Crippen molar-refractivity contribution in [1.29, 1.82) is 0 Å². The molecule has 2 N–H and O–H groups in total. The van der Waals surface area contributed by atoms with Crippen LogP contribution in [0.25, 0.3) is 0 Å². The van der Waals surface area contributed by atoms with Gasteiger partial charge in [-0.05, 0) is 132 Å². The van der Waals surface area contributed by atoms with E-state index in [0.717, 1.165) is 61.0 Å². The zero-order valence-corrected chi connectivity index (χ0v) is 27.9. The molecule has 1 unspecified atom stereocenters. The van der Waals surface area contributed by atoms with Crippen molar-refractivity contribution in [3.05, 3.63) is 36.5 Å². The van der Waals surface area contributed by atoms with E-state index in [-0.39, 0.29) is 6.61 Å². The lowest BCUT2D eigenvalue weighted by molar-refractivity contribution is -0.0987. The van der Waals surface area contributed by atoms with Crippen LogP contribution in [0.3, 0.4) is 0 Å². The van der Waals surface area contributed by atoms with E-state index in [1.54, 1.807) is 0 Å². The van der Waals surface area contributed by atoms with Gasteiger partial charge in [0.1, 0.15) is 13.6 Å². The van der Waals surface area contributed by atoms with Crippen LogP contribution in [0.15, 0.2) is 36.5 Å².